The van der Waals surface area contributed by atoms with Crippen LogP contribution >= 0.6 is 0 Å². The molecule has 2 fully saturated rings. The van der Waals surface area contributed by atoms with Gasteiger partial charge in [-0.25, -0.2) is 5.43 Å². The fraction of sp³-hybridized carbons (Fsp3) is 0.522. The van der Waals surface area contributed by atoms with Crippen LogP contribution in [0.3, 0.4) is 0 Å². The van der Waals surface area contributed by atoms with Crippen molar-refractivity contribution in [3.63, 3.8) is 0 Å². The van der Waals surface area contributed by atoms with Gasteiger partial charge in [0.15, 0.2) is 0 Å². The first-order valence-corrected chi connectivity index (χ1v) is 11.4. The van der Waals surface area contributed by atoms with E-state index in [-0.39, 0.29) is 17.7 Å². The van der Waals surface area contributed by atoms with Crippen molar-refractivity contribution in [3.8, 4) is 0 Å². The molecule has 1 aromatic carbocycles. The highest BCUT2D eigenvalue weighted by molar-refractivity contribution is 6.16. The van der Waals surface area contributed by atoms with Crippen molar-refractivity contribution >= 4 is 34.6 Å². The first-order valence-electron chi connectivity index (χ1n) is 11.4. The Morgan fingerprint density at radius 3 is 2.68 bits per heavy atom. The van der Waals surface area contributed by atoms with Crippen LogP contribution in [0, 0.1) is 5.92 Å². The highest BCUT2D eigenvalue weighted by Gasteiger charge is 2.28. The third-order valence-electron chi connectivity index (χ3n) is 7.05. The summed E-state index contributed by atoms with van der Waals surface area (Å²) in [4.78, 5) is 29.1. The standard InChI is InChI=1S/C23H30N6O2/c24-20(13-4-2-1-3-5-13)23(31)27-15-10-16-19-17(12-26-29-22(16)30)21(28-18(19)11-15)14-6-8-25-9-7-14/h10-14,20,25,28H,1-9,24H2,(H,27,31)(H,29,30)/t20-/m1/s1. The van der Waals surface area contributed by atoms with Gasteiger partial charge >= 0.3 is 0 Å². The van der Waals surface area contributed by atoms with Crippen LogP contribution < -0.4 is 21.8 Å². The van der Waals surface area contributed by atoms with Crippen LogP contribution in [-0.4, -0.2) is 42.1 Å². The summed E-state index contributed by atoms with van der Waals surface area (Å²) in [6.07, 6.45) is 9.28. The monoisotopic (exact) mass is 422 g/mol. The molecule has 0 unspecified atom stereocenters. The van der Waals surface area contributed by atoms with Crippen LogP contribution in [0.5, 0.6) is 0 Å². The molecular weight excluding hydrogens is 392 g/mol. The number of H-pyrrole nitrogens is 1. The van der Waals surface area contributed by atoms with Gasteiger partial charge in [-0.2, -0.15) is 5.10 Å². The molecule has 3 aliphatic rings. The lowest BCUT2D eigenvalue weighted by Crippen LogP contribution is -2.42. The van der Waals surface area contributed by atoms with E-state index in [1.54, 1.807) is 12.3 Å². The second kappa shape index (κ2) is 8.43. The minimum atomic E-state index is -0.531. The molecule has 1 atom stereocenters. The van der Waals surface area contributed by atoms with Gasteiger partial charge in [0.1, 0.15) is 0 Å². The molecule has 2 aliphatic heterocycles. The van der Waals surface area contributed by atoms with Gasteiger partial charge in [0.2, 0.25) is 5.91 Å². The molecule has 8 heteroatoms. The molecule has 1 aliphatic carbocycles. The smallest absolute Gasteiger partial charge is 0.272 e. The van der Waals surface area contributed by atoms with E-state index in [0.29, 0.717) is 17.2 Å². The van der Waals surface area contributed by atoms with Crippen LogP contribution in [-0.2, 0) is 4.79 Å². The quantitative estimate of drug-likeness (QED) is 0.519. The average molecular weight is 423 g/mol. The third-order valence-corrected chi connectivity index (χ3v) is 7.05. The number of rotatable bonds is 4. The van der Waals surface area contributed by atoms with Gasteiger partial charge < -0.3 is 21.4 Å². The van der Waals surface area contributed by atoms with Gasteiger partial charge in [-0.05, 0) is 56.8 Å². The number of nitrogens with zero attached hydrogens (tertiary/aromatic N) is 1. The molecule has 2 aromatic rings. The second-order valence-corrected chi connectivity index (χ2v) is 9.04. The summed E-state index contributed by atoms with van der Waals surface area (Å²) < 4.78 is 0. The van der Waals surface area contributed by atoms with Gasteiger partial charge in [0.25, 0.3) is 5.91 Å². The van der Waals surface area contributed by atoms with E-state index >= 15 is 0 Å². The lowest BCUT2D eigenvalue weighted by molar-refractivity contribution is -0.118. The molecule has 6 N–H and O–H groups in total. The molecule has 0 bridgehead atoms. The summed E-state index contributed by atoms with van der Waals surface area (Å²) in [5.74, 6) is 0.144. The van der Waals surface area contributed by atoms with E-state index in [1.165, 1.54) is 6.42 Å². The number of aromatic nitrogens is 1. The fourth-order valence-electron chi connectivity index (χ4n) is 5.34. The number of hydrogen-bond donors (Lipinski definition) is 5. The van der Waals surface area contributed by atoms with Crippen molar-refractivity contribution < 1.29 is 9.59 Å². The van der Waals surface area contributed by atoms with Crippen molar-refractivity contribution in [2.45, 2.75) is 56.9 Å². The van der Waals surface area contributed by atoms with Crippen molar-refractivity contribution in [3.05, 3.63) is 29.0 Å². The van der Waals surface area contributed by atoms with Gasteiger partial charge in [0.05, 0.1) is 17.8 Å². The molecule has 0 spiro atoms. The number of nitrogens with one attached hydrogen (secondary N) is 4. The van der Waals surface area contributed by atoms with Crippen molar-refractivity contribution in [2.75, 3.05) is 18.4 Å². The Bertz CT molecular complexity index is 1030. The van der Waals surface area contributed by atoms with E-state index in [9.17, 15) is 9.59 Å². The number of carbonyl (C=O) groups excluding carboxylic acids is 2. The van der Waals surface area contributed by atoms with Crippen molar-refractivity contribution in [1.82, 2.24) is 15.7 Å². The third kappa shape index (κ3) is 3.85. The molecule has 31 heavy (non-hydrogen) atoms. The highest BCUT2D eigenvalue weighted by Crippen LogP contribution is 2.36. The molecule has 3 heterocycles. The number of nitrogens with two attached hydrogens (primary N) is 1. The average Bonchev–Trinajstić information content (AvgIpc) is 3.08. The zero-order valence-electron chi connectivity index (χ0n) is 17.7. The Morgan fingerprint density at radius 2 is 1.90 bits per heavy atom. The minimum Gasteiger partial charge on any atom is -0.358 e. The summed E-state index contributed by atoms with van der Waals surface area (Å²) in [5, 5.41) is 11.4. The molecule has 1 saturated heterocycles. The number of benzene rings is 1. The summed E-state index contributed by atoms with van der Waals surface area (Å²) >= 11 is 0. The van der Waals surface area contributed by atoms with E-state index < -0.39 is 6.04 Å². The van der Waals surface area contributed by atoms with Gasteiger partial charge in [-0.1, -0.05) is 19.3 Å². The van der Waals surface area contributed by atoms with E-state index in [1.807, 2.05) is 6.07 Å². The van der Waals surface area contributed by atoms with Crippen LogP contribution in [0.15, 0.2) is 17.2 Å². The number of aromatic amines is 1. The number of hydrogen-bond acceptors (Lipinski definition) is 5. The van der Waals surface area contributed by atoms with Crippen LogP contribution in [0.1, 0.15) is 72.5 Å². The first-order chi connectivity index (χ1) is 15.1. The highest BCUT2D eigenvalue weighted by atomic mass is 16.2. The Balaban J connectivity index is 1.48. The zero-order chi connectivity index (χ0) is 21.4. The second-order valence-electron chi connectivity index (χ2n) is 9.04. The molecule has 164 valence electrons. The maximum absolute atomic E-state index is 12.9. The zero-order valence-corrected chi connectivity index (χ0v) is 17.7. The minimum absolute atomic E-state index is 0.186. The molecule has 0 radical (unpaired) electrons. The first kappa shape index (κ1) is 20.2. The van der Waals surface area contributed by atoms with Crippen molar-refractivity contribution in [2.24, 2.45) is 16.8 Å². The van der Waals surface area contributed by atoms with Crippen LogP contribution in [0.4, 0.5) is 5.69 Å². The van der Waals surface area contributed by atoms with E-state index in [4.69, 9.17) is 5.73 Å². The van der Waals surface area contributed by atoms with Crippen LogP contribution in [0.25, 0.3) is 10.9 Å². The number of carbonyl (C=O) groups is 2. The maximum atomic E-state index is 12.9. The lowest BCUT2D eigenvalue weighted by Gasteiger charge is -2.26. The predicted octanol–water partition coefficient (Wildman–Crippen LogP) is 2.56. The number of anilines is 1. The molecule has 2 amide bonds. The Kier molecular flexibility index (Phi) is 5.50. The Labute approximate surface area is 181 Å². The van der Waals surface area contributed by atoms with E-state index in [0.717, 1.165) is 73.8 Å². The summed E-state index contributed by atoms with van der Waals surface area (Å²) in [6, 6.07) is 3.11. The van der Waals surface area contributed by atoms with Crippen LogP contribution in [0.2, 0.25) is 0 Å². The lowest BCUT2D eigenvalue weighted by atomic mass is 9.84. The van der Waals surface area contributed by atoms with Gasteiger partial charge in [-0.3, -0.25) is 9.59 Å². The molecular formula is C23H30N6O2. The molecule has 1 saturated carbocycles. The van der Waals surface area contributed by atoms with E-state index in [2.05, 4.69) is 26.1 Å². The van der Waals surface area contributed by atoms with Gasteiger partial charge in [0, 0.05) is 33.8 Å². The SMILES string of the molecule is N[C@@H](C(=O)Nc1cc2c3c(c(C4CCNCC4)[nH]c3c1)C=NNC2=O)C1CCCCC1. The number of amides is 2. The summed E-state index contributed by atoms with van der Waals surface area (Å²) in [6.45, 7) is 1.95. The predicted molar refractivity (Wildman–Crippen MR) is 121 cm³/mol. The Morgan fingerprint density at radius 1 is 1.13 bits per heavy atom. The molecule has 5 rings (SSSR count). The number of piperidine rings is 1. The largest absolute Gasteiger partial charge is 0.358 e. The molecule has 8 nitrogen and oxygen atoms in total. The fourth-order valence-corrected chi connectivity index (χ4v) is 5.34. The Hall–Kier alpha value is -2.71. The summed E-state index contributed by atoms with van der Waals surface area (Å²) in [7, 11) is 0. The summed E-state index contributed by atoms with van der Waals surface area (Å²) in [5.41, 5.74) is 12.9. The number of hydrazone groups is 1. The maximum Gasteiger partial charge on any atom is 0.272 e. The van der Waals surface area contributed by atoms with Crippen molar-refractivity contribution in [1.29, 1.82) is 0 Å². The topological polar surface area (TPSA) is 124 Å². The normalized spacial score (nSPS) is 21.0. The van der Waals surface area contributed by atoms with Gasteiger partial charge in [-0.15, -0.1) is 0 Å². The molecule has 1 aromatic heterocycles.